The van der Waals surface area contributed by atoms with E-state index in [2.05, 4.69) is 33.5 Å². The number of hydrogen-bond donors (Lipinski definition) is 2. The zero-order valence-corrected chi connectivity index (χ0v) is 13.8. The standard InChI is InChI=1S/C17H26N4O2/c1-20-8-10-21(11-9-20)7-6-18-17(22)19-15-12-14-4-2-3-5-16(14)23-13-15/h2-5,15H,6-13H2,1H3,(H2,18,19,22)/t15-/m1/s1. The smallest absolute Gasteiger partial charge is 0.315 e. The molecule has 0 aromatic heterocycles. The lowest BCUT2D eigenvalue weighted by Gasteiger charge is -2.32. The zero-order chi connectivity index (χ0) is 16.1. The van der Waals surface area contributed by atoms with Gasteiger partial charge in [0, 0.05) is 39.3 Å². The van der Waals surface area contributed by atoms with E-state index in [1.165, 1.54) is 0 Å². The fourth-order valence-electron chi connectivity index (χ4n) is 3.06. The Kier molecular flexibility index (Phi) is 5.35. The number of benzene rings is 1. The molecule has 6 heteroatoms. The number of fused-ring (bicyclic) bond motifs is 1. The van der Waals surface area contributed by atoms with Crippen molar-refractivity contribution in [2.45, 2.75) is 12.5 Å². The predicted molar refractivity (Wildman–Crippen MR) is 89.9 cm³/mol. The van der Waals surface area contributed by atoms with Gasteiger partial charge in [0.05, 0.1) is 6.04 Å². The summed E-state index contributed by atoms with van der Waals surface area (Å²) in [5.74, 6) is 0.932. The van der Waals surface area contributed by atoms with Gasteiger partial charge in [0.1, 0.15) is 12.4 Å². The lowest BCUT2D eigenvalue weighted by molar-refractivity contribution is 0.154. The van der Waals surface area contributed by atoms with Crippen molar-refractivity contribution >= 4 is 6.03 Å². The van der Waals surface area contributed by atoms with Crippen molar-refractivity contribution in [3.8, 4) is 5.75 Å². The third-order valence-electron chi connectivity index (χ3n) is 4.52. The molecule has 126 valence electrons. The fraction of sp³-hybridized carbons (Fsp3) is 0.588. The van der Waals surface area contributed by atoms with Crippen molar-refractivity contribution in [1.29, 1.82) is 0 Å². The molecule has 0 bridgehead atoms. The number of nitrogens with zero attached hydrogens (tertiary/aromatic N) is 2. The number of para-hydroxylation sites is 1. The summed E-state index contributed by atoms with van der Waals surface area (Å²) in [6.45, 7) is 6.48. The Morgan fingerprint density at radius 2 is 2.04 bits per heavy atom. The van der Waals surface area contributed by atoms with E-state index >= 15 is 0 Å². The number of ether oxygens (including phenoxy) is 1. The molecule has 1 atom stereocenters. The van der Waals surface area contributed by atoms with Crippen LogP contribution in [0.25, 0.3) is 0 Å². The van der Waals surface area contributed by atoms with Crippen molar-refractivity contribution in [3.05, 3.63) is 29.8 Å². The van der Waals surface area contributed by atoms with Crippen molar-refractivity contribution < 1.29 is 9.53 Å². The number of nitrogens with one attached hydrogen (secondary N) is 2. The molecule has 0 unspecified atom stereocenters. The van der Waals surface area contributed by atoms with Crippen LogP contribution in [0.5, 0.6) is 5.75 Å². The molecular formula is C17H26N4O2. The highest BCUT2D eigenvalue weighted by Gasteiger charge is 2.21. The number of likely N-dealkylation sites (N-methyl/N-ethyl adjacent to an activating group) is 1. The van der Waals surface area contributed by atoms with Crippen LogP contribution in [0.1, 0.15) is 5.56 Å². The molecule has 1 saturated heterocycles. The highest BCUT2D eigenvalue weighted by molar-refractivity contribution is 5.74. The average Bonchev–Trinajstić information content (AvgIpc) is 2.56. The summed E-state index contributed by atoms with van der Waals surface area (Å²) in [6, 6.07) is 7.93. The molecule has 2 aliphatic heterocycles. The molecule has 1 aromatic carbocycles. The molecule has 0 saturated carbocycles. The fourth-order valence-corrected chi connectivity index (χ4v) is 3.06. The first-order valence-corrected chi connectivity index (χ1v) is 8.36. The molecule has 6 nitrogen and oxygen atoms in total. The lowest BCUT2D eigenvalue weighted by atomic mass is 10.0. The molecule has 2 aliphatic rings. The number of carbonyl (C=O) groups excluding carboxylic acids is 1. The first-order valence-electron chi connectivity index (χ1n) is 8.36. The maximum absolute atomic E-state index is 12.0. The van der Waals surface area contributed by atoms with Crippen LogP contribution in [0.15, 0.2) is 24.3 Å². The second kappa shape index (κ2) is 7.66. The summed E-state index contributed by atoms with van der Waals surface area (Å²) in [6.07, 6.45) is 0.821. The van der Waals surface area contributed by atoms with E-state index in [-0.39, 0.29) is 12.1 Å². The predicted octanol–water partition coefficient (Wildman–Crippen LogP) is 0.537. The minimum absolute atomic E-state index is 0.0357. The van der Waals surface area contributed by atoms with Gasteiger partial charge in [-0.25, -0.2) is 4.79 Å². The van der Waals surface area contributed by atoms with Gasteiger partial charge in [-0.2, -0.15) is 0 Å². The second-order valence-corrected chi connectivity index (χ2v) is 6.36. The van der Waals surface area contributed by atoms with Crippen molar-refractivity contribution in [2.75, 3.05) is 52.9 Å². The summed E-state index contributed by atoms with van der Waals surface area (Å²) in [5, 5.41) is 5.95. The molecule has 1 fully saturated rings. The minimum atomic E-state index is -0.105. The van der Waals surface area contributed by atoms with E-state index in [4.69, 9.17) is 4.74 Å². The maximum Gasteiger partial charge on any atom is 0.315 e. The van der Waals surface area contributed by atoms with Gasteiger partial charge in [0.25, 0.3) is 0 Å². The van der Waals surface area contributed by atoms with Gasteiger partial charge >= 0.3 is 6.03 Å². The highest BCUT2D eigenvalue weighted by Crippen LogP contribution is 2.23. The maximum atomic E-state index is 12.0. The number of rotatable bonds is 4. The first kappa shape index (κ1) is 16.1. The molecule has 23 heavy (non-hydrogen) atoms. The Labute approximate surface area is 137 Å². The Bertz CT molecular complexity index is 529. The van der Waals surface area contributed by atoms with Crippen molar-refractivity contribution in [3.63, 3.8) is 0 Å². The van der Waals surface area contributed by atoms with Crippen LogP contribution in [0.4, 0.5) is 4.79 Å². The van der Waals surface area contributed by atoms with E-state index in [0.29, 0.717) is 13.2 Å². The molecule has 0 radical (unpaired) electrons. The number of hydrogen-bond acceptors (Lipinski definition) is 4. The first-order chi connectivity index (χ1) is 11.2. The van der Waals surface area contributed by atoms with Gasteiger partial charge in [-0.05, 0) is 25.1 Å². The molecule has 2 N–H and O–H groups in total. The molecule has 2 heterocycles. The topological polar surface area (TPSA) is 56.8 Å². The highest BCUT2D eigenvalue weighted by atomic mass is 16.5. The van der Waals surface area contributed by atoms with E-state index in [1.807, 2.05) is 18.2 Å². The van der Waals surface area contributed by atoms with E-state index < -0.39 is 0 Å². The molecule has 2 amide bonds. The van der Waals surface area contributed by atoms with Gasteiger partial charge in [-0.15, -0.1) is 0 Å². The van der Waals surface area contributed by atoms with Gasteiger partial charge in [0.2, 0.25) is 0 Å². The third-order valence-corrected chi connectivity index (χ3v) is 4.52. The van der Waals surface area contributed by atoms with Crippen LogP contribution >= 0.6 is 0 Å². The van der Waals surface area contributed by atoms with Gasteiger partial charge in [0.15, 0.2) is 0 Å². The Balaban J connectivity index is 1.35. The van der Waals surface area contributed by atoms with Crippen LogP contribution in [0.3, 0.4) is 0 Å². The summed E-state index contributed by atoms with van der Waals surface area (Å²) >= 11 is 0. The van der Waals surface area contributed by atoms with E-state index in [0.717, 1.165) is 50.5 Å². The van der Waals surface area contributed by atoms with Crippen molar-refractivity contribution in [1.82, 2.24) is 20.4 Å². The molecule has 0 spiro atoms. The van der Waals surface area contributed by atoms with Crippen molar-refractivity contribution in [2.24, 2.45) is 0 Å². The quantitative estimate of drug-likeness (QED) is 0.851. The van der Waals surface area contributed by atoms with E-state index in [9.17, 15) is 4.79 Å². The van der Waals surface area contributed by atoms with Crippen LogP contribution < -0.4 is 15.4 Å². The Morgan fingerprint density at radius 3 is 2.87 bits per heavy atom. The van der Waals surface area contributed by atoms with Crippen LogP contribution in [0, 0.1) is 0 Å². The van der Waals surface area contributed by atoms with Gasteiger partial charge < -0.3 is 20.3 Å². The molecular weight excluding hydrogens is 292 g/mol. The molecule has 1 aromatic rings. The average molecular weight is 318 g/mol. The number of amides is 2. The summed E-state index contributed by atoms with van der Waals surface area (Å²) in [7, 11) is 2.15. The number of urea groups is 1. The molecule has 3 rings (SSSR count). The molecule has 0 aliphatic carbocycles. The number of piperazine rings is 1. The Morgan fingerprint density at radius 1 is 1.26 bits per heavy atom. The normalized spacial score (nSPS) is 22.0. The summed E-state index contributed by atoms with van der Waals surface area (Å²) < 4.78 is 5.69. The zero-order valence-electron chi connectivity index (χ0n) is 13.8. The summed E-state index contributed by atoms with van der Waals surface area (Å²) in [5.41, 5.74) is 1.15. The number of carbonyl (C=O) groups is 1. The van der Waals surface area contributed by atoms with Gasteiger partial charge in [-0.3, -0.25) is 4.90 Å². The SMILES string of the molecule is CN1CCN(CCNC(=O)N[C@H]2COc3ccccc3C2)CC1. The Hall–Kier alpha value is -1.79. The minimum Gasteiger partial charge on any atom is -0.491 e. The van der Waals surface area contributed by atoms with Gasteiger partial charge in [-0.1, -0.05) is 18.2 Å². The second-order valence-electron chi connectivity index (χ2n) is 6.36. The van der Waals surface area contributed by atoms with Crippen LogP contribution in [-0.2, 0) is 6.42 Å². The monoisotopic (exact) mass is 318 g/mol. The van der Waals surface area contributed by atoms with Crippen LogP contribution in [-0.4, -0.2) is 74.8 Å². The lowest BCUT2D eigenvalue weighted by Crippen LogP contribution is -2.50. The third kappa shape index (κ3) is 4.59. The summed E-state index contributed by atoms with van der Waals surface area (Å²) in [4.78, 5) is 16.7. The largest absolute Gasteiger partial charge is 0.491 e. The van der Waals surface area contributed by atoms with Crippen LogP contribution in [0.2, 0.25) is 0 Å². The van der Waals surface area contributed by atoms with E-state index in [1.54, 1.807) is 0 Å².